The molecule has 1 aromatic heterocycles. The lowest BCUT2D eigenvalue weighted by Gasteiger charge is -2.13. The van der Waals surface area contributed by atoms with Gasteiger partial charge in [0.15, 0.2) is 11.5 Å². The molecule has 5 heteroatoms. The third-order valence-electron chi connectivity index (χ3n) is 3.55. The summed E-state index contributed by atoms with van der Waals surface area (Å²) in [5.41, 5.74) is 7.57. The first-order chi connectivity index (χ1) is 9.69. The molecule has 5 nitrogen and oxygen atoms in total. The summed E-state index contributed by atoms with van der Waals surface area (Å²) >= 11 is 0. The molecule has 0 amide bonds. The Morgan fingerprint density at radius 1 is 1.40 bits per heavy atom. The molecule has 0 bridgehead atoms. The molecule has 0 aliphatic heterocycles. The number of rotatable bonds is 5. The summed E-state index contributed by atoms with van der Waals surface area (Å²) < 4.78 is 13.0. The van der Waals surface area contributed by atoms with E-state index in [1.54, 1.807) is 11.8 Å². The quantitative estimate of drug-likeness (QED) is 0.909. The van der Waals surface area contributed by atoms with Crippen LogP contribution in [0.5, 0.6) is 11.5 Å². The first-order valence-electron chi connectivity index (χ1n) is 6.78. The highest BCUT2D eigenvalue weighted by Crippen LogP contribution is 2.39. The van der Waals surface area contributed by atoms with Gasteiger partial charge in [0.2, 0.25) is 0 Å². The Labute approximate surface area is 118 Å². The van der Waals surface area contributed by atoms with E-state index in [1.807, 2.05) is 31.3 Å². The van der Waals surface area contributed by atoms with Crippen molar-refractivity contribution in [1.82, 2.24) is 9.78 Å². The van der Waals surface area contributed by atoms with Crippen LogP contribution in [0.3, 0.4) is 0 Å². The lowest BCUT2D eigenvalue weighted by Crippen LogP contribution is -2.02. The van der Waals surface area contributed by atoms with Crippen molar-refractivity contribution >= 4 is 5.82 Å². The molecule has 106 valence electrons. The molecule has 1 heterocycles. The lowest BCUT2D eigenvalue weighted by atomic mass is 10.1. The highest BCUT2D eigenvalue weighted by atomic mass is 16.5. The van der Waals surface area contributed by atoms with Gasteiger partial charge in [-0.25, -0.2) is 0 Å². The number of ether oxygens (including phenoxy) is 2. The molecule has 1 saturated carbocycles. The van der Waals surface area contributed by atoms with Gasteiger partial charge in [-0.1, -0.05) is 6.07 Å². The first-order valence-corrected chi connectivity index (χ1v) is 6.78. The van der Waals surface area contributed by atoms with Gasteiger partial charge in [0.05, 0.1) is 19.4 Å². The standard InChI is InChI=1S/C15H19N3O2/c1-18-14(16)8-12(17-18)11-4-3-5-13(19-2)15(11)20-9-10-6-7-10/h3-5,8,10H,6-7,9,16H2,1-2H3. The van der Waals surface area contributed by atoms with Crippen molar-refractivity contribution in [2.75, 3.05) is 19.5 Å². The van der Waals surface area contributed by atoms with Crippen LogP contribution in [0.2, 0.25) is 0 Å². The van der Waals surface area contributed by atoms with Crippen LogP contribution in [-0.2, 0) is 7.05 Å². The number of hydrogen-bond acceptors (Lipinski definition) is 4. The van der Waals surface area contributed by atoms with Crippen LogP contribution >= 0.6 is 0 Å². The van der Waals surface area contributed by atoms with E-state index < -0.39 is 0 Å². The van der Waals surface area contributed by atoms with E-state index in [0.717, 1.165) is 29.4 Å². The molecule has 2 aromatic rings. The van der Waals surface area contributed by atoms with Gasteiger partial charge >= 0.3 is 0 Å². The number of benzene rings is 1. The van der Waals surface area contributed by atoms with Gasteiger partial charge in [0.1, 0.15) is 5.82 Å². The predicted molar refractivity (Wildman–Crippen MR) is 77.8 cm³/mol. The second-order valence-electron chi connectivity index (χ2n) is 5.17. The van der Waals surface area contributed by atoms with E-state index in [4.69, 9.17) is 15.2 Å². The van der Waals surface area contributed by atoms with E-state index >= 15 is 0 Å². The van der Waals surface area contributed by atoms with Gasteiger partial charge in [-0.2, -0.15) is 5.10 Å². The molecule has 2 N–H and O–H groups in total. The number of aryl methyl sites for hydroxylation is 1. The van der Waals surface area contributed by atoms with Crippen LogP contribution in [0, 0.1) is 5.92 Å². The second kappa shape index (κ2) is 5.07. The minimum atomic E-state index is 0.621. The summed E-state index contributed by atoms with van der Waals surface area (Å²) in [6.45, 7) is 0.732. The molecule has 0 spiro atoms. The number of nitrogen functional groups attached to an aromatic ring is 1. The van der Waals surface area contributed by atoms with Crippen molar-refractivity contribution < 1.29 is 9.47 Å². The minimum absolute atomic E-state index is 0.621. The molecular formula is C15H19N3O2. The predicted octanol–water partition coefficient (Wildman–Crippen LogP) is 2.47. The van der Waals surface area contributed by atoms with Gasteiger partial charge in [-0.15, -0.1) is 0 Å². The topological polar surface area (TPSA) is 62.3 Å². The second-order valence-corrected chi connectivity index (χ2v) is 5.17. The normalized spacial score (nSPS) is 14.3. The number of anilines is 1. The average Bonchev–Trinajstić information content (AvgIpc) is 3.22. The first kappa shape index (κ1) is 12.8. The molecular weight excluding hydrogens is 254 g/mol. The highest BCUT2D eigenvalue weighted by Gasteiger charge is 2.24. The SMILES string of the molecule is COc1cccc(-c2cc(N)n(C)n2)c1OCC1CC1. The smallest absolute Gasteiger partial charge is 0.170 e. The van der Waals surface area contributed by atoms with Gasteiger partial charge in [-0.3, -0.25) is 4.68 Å². The summed E-state index contributed by atoms with van der Waals surface area (Å²) in [5.74, 6) is 2.78. The molecule has 0 atom stereocenters. The van der Waals surface area contributed by atoms with Crippen LogP contribution in [0.25, 0.3) is 11.3 Å². The Hall–Kier alpha value is -2.17. The van der Waals surface area contributed by atoms with Gasteiger partial charge in [0.25, 0.3) is 0 Å². The van der Waals surface area contributed by atoms with Crippen molar-refractivity contribution in [3.05, 3.63) is 24.3 Å². The van der Waals surface area contributed by atoms with Crippen molar-refractivity contribution in [3.8, 4) is 22.8 Å². The maximum atomic E-state index is 5.97. The number of nitrogens with two attached hydrogens (primary N) is 1. The maximum Gasteiger partial charge on any atom is 0.170 e. The van der Waals surface area contributed by atoms with Crippen LogP contribution in [-0.4, -0.2) is 23.5 Å². The summed E-state index contributed by atoms with van der Waals surface area (Å²) in [4.78, 5) is 0. The zero-order valence-electron chi connectivity index (χ0n) is 11.8. The molecule has 1 aromatic carbocycles. The fourth-order valence-corrected chi connectivity index (χ4v) is 2.13. The molecule has 3 rings (SSSR count). The zero-order valence-corrected chi connectivity index (χ0v) is 11.8. The van der Waals surface area contributed by atoms with E-state index in [9.17, 15) is 0 Å². The number of hydrogen-bond donors (Lipinski definition) is 1. The summed E-state index contributed by atoms with van der Waals surface area (Å²) in [7, 11) is 3.47. The fourth-order valence-electron chi connectivity index (χ4n) is 2.13. The number of nitrogens with zero attached hydrogens (tertiary/aromatic N) is 2. The molecule has 1 aliphatic carbocycles. The Balaban J connectivity index is 1.98. The summed E-state index contributed by atoms with van der Waals surface area (Å²) in [6, 6.07) is 7.66. The van der Waals surface area contributed by atoms with Gasteiger partial charge in [0, 0.05) is 18.7 Å². The third kappa shape index (κ3) is 2.43. The Morgan fingerprint density at radius 2 is 2.20 bits per heavy atom. The van der Waals surface area contributed by atoms with Crippen LogP contribution < -0.4 is 15.2 Å². The Morgan fingerprint density at radius 3 is 2.80 bits per heavy atom. The summed E-state index contributed by atoms with van der Waals surface area (Å²) in [5, 5.41) is 4.42. The zero-order chi connectivity index (χ0) is 14.1. The van der Waals surface area contributed by atoms with Crippen molar-refractivity contribution in [3.63, 3.8) is 0 Å². The molecule has 0 saturated heterocycles. The number of para-hydroxylation sites is 1. The molecule has 0 unspecified atom stereocenters. The number of methoxy groups -OCH3 is 1. The number of aromatic nitrogens is 2. The highest BCUT2D eigenvalue weighted by molar-refractivity contribution is 5.72. The third-order valence-corrected chi connectivity index (χ3v) is 3.55. The Bertz CT molecular complexity index is 598. The van der Waals surface area contributed by atoms with Crippen molar-refractivity contribution in [2.24, 2.45) is 13.0 Å². The molecule has 20 heavy (non-hydrogen) atoms. The van der Waals surface area contributed by atoms with Gasteiger partial charge in [-0.05, 0) is 30.9 Å². The van der Waals surface area contributed by atoms with E-state index in [0.29, 0.717) is 11.7 Å². The minimum Gasteiger partial charge on any atom is -0.493 e. The van der Waals surface area contributed by atoms with Crippen LogP contribution in [0.1, 0.15) is 12.8 Å². The van der Waals surface area contributed by atoms with Crippen LogP contribution in [0.15, 0.2) is 24.3 Å². The molecule has 0 radical (unpaired) electrons. The van der Waals surface area contributed by atoms with E-state index in [2.05, 4.69) is 5.10 Å². The van der Waals surface area contributed by atoms with Crippen LogP contribution in [0.4, 0.5) is 5.82 Å². The van der Waals surface area contributed by atoms with E-state index in [1.165, 1.54) is 12.8 Å². The van der Waals surface area contributed by atoms with Crippen molar-refractivity contribution in [1.29, 1.82) is 0 Å². The molecule has 1 aliphatic rings. The van der Waals surface area contributed by atoms with Crippen molar-refractivity contribution in [2.45, 2.75) is 12.8 Å². The maximum absolute atomic E-state index is 5.97. The van der Waals surface area contributed by atoms with E-state index in [-0.39, 0.29) is 0 Å². The molecule has 1 fully saturated rings. The fraction of sp³-hybridized carbons (Fsp3) is 0.400. The average molecular weight is 273 g/mol. The van der Waals surface area contributed by atoms with Gasteiger partial charge < -0.3 is 15.2 Å². The monoisotopic (exact) mass is 273 g/mol. The summed E-state index contributed by atoms with van der Waals surface area (Å²) in [6.07, 6.45) is 2.50. The lowest BCUT2D eigenvalue weighted by molar-refractivity contribution is 0.281. The Kier molecular flexibility index (Phi) is 3.26. The largest absolute Gasteiger partial charge is 0.493 e.